The third kappa shape index (κ3) is 2.92. The molecule has 0 spiro atoms. The molecule has 0 radical (unpaired) electrons. The Hall–Kier alpha value is -1.20. The maximum absolute atomic E-state index is 5.71. The molecule has 0 amide bonds. The van der Waals surface area contributed by atoms with Crippen molar-refractivity contribution in [3.8, 4) is 0 Å². The van der Waals surface area contributed by atoms with E-state index in [2.05, 4.69) is 22.2 Å². The third-order valence-corrected chi connectivity index (χ3v) is 3.25. The quantitative estimate of drug-likeness (QED) is 0.788. The summed E-state index contributed by atoms with van der Waals surface area (Å²) in [6.45, 7) is 4.12. The van der Waals surface area contributed by atoms with E-state index in [4.69, 9.17) is 18.0 Å². The van der Waals surface area contributed by atoms with Gasteiger partial charge in [0.05, 0.1) is 5.56 Å². The van der Waals surface area contributed by atoms with Crippen molar-refractivity contribution in [3.05, 3.63) is 23.4 Å². The molecule has 92 valence electrons. The minimum Gasteiger partial charge on any atom is -0.389 e. The Kier molecular flexibility index (Phi) is 3.59. The lowest BCUT2D eigenvalue weighted by molar-refractivity contribution is 0.414. The van der Waals surface area contributed by atoms with Crippen molar-refractivity contribution in [2.24, 2.45) is 5.73 Å². The summed E-state index contributed by atoms with van der Waals surface area (Å²) in [6.07, 6.45) is 1.13. The van der Waals surface area contributed by atoms with E-state index in [1.807, 2.05) is 19.1 Å². The first-order valence-corrected chi connectivity index (χ1v) is 6.19. The van der Waals surface area contributed by atoms with E-state index in [1.54, 1.807) is 0 Å². The van der Waals surface area contributed by atoms with Gasteiger partial charge < -0.3 is 16.0 Å². The second-order valence-electron chi connectivity index (χ2n) is 4.61. The van der Waals surface area contributed by atoms with E-state index in [-0.39, 0.29) is 0 Å². The summed E-state index contributed by atoms with van der Waals surface area (Å²) in [5, 5.41) is 3.44. The highest BCUT2D eigenvalue weighted by molar-refractivity contribution is 7.80. The number of rotatable bonds is 3. The van der Waals surface area contributed by atoms with E-state index < -0.39 is 0 Å². The van der Waals surface area contributed by atoms with Crippen LogP contribution in [-0.2, 0) is 0 Å². The van der Waals surface area contributed by atoms with Crippen molar-refractivity contribution in [1.82, 2.24) is 9.88 Å². The van der Waals surface area contributed by atoms with Crippen LogP contribution in [0, 0.1) is 6.92 Å². The van der Waals surface area contributed by atoms with Crippen LogP contribution in [0.3, 0.4) is 0 Å². The molecule has 2 heterocycles. The first-order chi connectivity index (χ1) is 8.06. The largest absolute Gasteiger partial charge is 0.389 e. The summed E-state index contributed by atoms with van der Waals surface area (Å²) in [5.41, 5.74) is 7.51. The van der Waals surface area contributed by atoms with E-state index in [0.29, 0.717) is 11.0 Å². The van der Waals surface area contributed by atoms with Crippen LogP contribution in [-0.4, -0.2) is 41.1 Å². The van der Waals surface area contributed by atoms with Gasteiger partial charge in [0.1, 0.15) is 10.8 Å². The molecule has 1 saturated heterocycles. The Morgan fingerprint density at radius 1 is 1.59 bits per heavy atom. The molecule has 3 N–H and O–H groups in total. The van der Waals surface area contributed by atoms with Crippen molar-refractivity contribution >= 4 is 23.0 Å². The fourth-order valence-corrected chi connectivity index (χ4v) is 2.28. The van der Waals surface area contributed by atoms with Crippen molar-refractivity contribution in [2.75, 3.05) is 25.5 Å². The molecule has 1 aliphatic rings. The van der Waals surface area contributed by atoms with Gasteiger partial charge in [-0.2, -0.15) is 0 Å². The van der Waals surface area contributed by atoms with Gasteiger partial charge >= 0.3 is 0 Å². The van der Waals surface area contributed by atoms with Crippen molar-refractivity contribution in [2.45, 2.75) is 19.4 Å². The Balaban J connectivity index is 2.19. The topological polar surface area (TPSA) is 54.2 Å². The Morgan fingerprint density at radius 2 is 2.35 bits per heavy atom. The van der Waals surface area contributed by atoms with Crippen molar-refractivity contribution in [1.29, 1.82) is 0 Å². The van der Waals surface area contributed by atoms with Gasteiger partial charge in [-0.25, -0.2) is 4.98 Å². The first-order valence-electron chi connectivity index (χ1n) is 5.79. The molecule has 1 unspecified atom stereocenters. The molecule has 1 atom stereocenters. The molecule has 0 aromatic carbocycles. The van der Waals surface area contributed by atoms with E-state index in [0.717, 1.165) is 36.6 Å². The van der Waals surface area contributed by atoms with Gasteiger partial charge in [-0.1, -0.05) is 12.2 Å². The summed E-state index contributed by atoms with van der Waals surface area (Å²) in [4.78, 5) is 7.18. The second kappa shape index (κ2) is 4.98. The number of aromatic nitrogens is 1. The first kappa shape index (κ1) is 12.3. The molecular formula is C12H18N4S. The highest BCUT2D eigenvalue weighted by Gasteiger charge is 2.20. The van der Waals surface area contributed by atoms with Crippen LogP contribution in [0.25, 0.3) is 0 Å². The molecule has 1 aromatic rings. The fraction of sp³-hybridized carbons (Fsp3) is 0.500. The molecule has 4 nitrogen and oxygen atoms in total. The number of nitrogens with two attached hydrogens (primary N) is 1. The van der Waals surface area contributed by atoms with Gasteiger partial charge in [0, 0.05) is 18.3 Å². The Labute approximate surface area is 107 Å². The predicted molar refractivity (Wildman–Crippen MR) is 74.4 cm³/mol. The van der Waals surface area contributed by atoms with Crippen molar-refractivity contribution < 1.29 is 0 Å². The standard InChI is InChI=1S/C12H18N4S/c1-8-3-4-10(11(13)17)12(14-8)15-9-5-6-16(2)7-9/h3-4,9H,5-7H2,1-2H3,(H2,13,17)(H,14,15). The number of nitrogens with one attached hydrogen (secondary N) is 1. The van der Waals surface area contributed by atoms with E-state index in [9.17, 15) is 0 Å². The van der Waals surface area contributed by atoms with Crippen LogP contribution in [0.15, 0.2) is 12.1 Å². The number of likely N-dealkylation sites (tertiary alicyclic amines) is 1. The number of thiocarbonyl (C=S) groups is 1. The van der Waals surface area contributed by atoms with Crippen LogP contribution in [0.1, 0.15) is 17.7 Å². The average Bonchev–Trinajstić information content (AvgIpc) is 2.63. The smallest absolute Gasteiger partial charge is 0.136 e. The zero-order valence-electron chi connectivity index (χ0n) is 10.2. The van der Waals surface area contributed by atoms with Crippen LogP contribution >= 0.6 is 12.2 Å². The lowest BCUT2D eigenvalue weighted by atomic mass is 10.2. The van der Waals surface area contributed by atoms with Gasteiger partial charge in [-0.05, 0) is 39.1 Å². The fourth-order valence-electron chi connectivity index (χ4n) is 2.11. The van der Waals surface area contributed by atoms with Crippen LogP contribution < -0.4 is 11.1 Å². The summed E-state index contributed by atoms with van der Waals surface area (Å²) < 4.78 is 0. The number of hydrogen-bond donors (Lipinski definition) is 2. The van der Waals surface area contributed by atoms with Gasteiger partial charge in [-0.15, -0.1) is 0 Å². The third-order valence-electron chi connectivity index (χ3n) is 3.03. The monoisotopic (exact) mass is 250 g/mol. The average molecular weight is 250 g/mol. The summed E-state index contributed by atoms with van der Waals surface area (Å²) >= 11 is 5.04. The minimum atomic E-state index is 0.395. The number of pyridine rings is 1. The molecule has 1 aromatic heterocycles. The molecular weight excluding hydrogens is 232 g/mol. The highest BCUT2D eigenvalue weighted by Crippen LogP contribution is 2.18. The lowest BCUT2D eigenvalue weighted by Crippen LogP contribution is -2.26. The van der Waals surface area contributed by atoms with Crippen LogP contribution in [0.2, 0.25) is 0 Å². The highest BCUT2D eigenvalue weighted by atomic mass is 32.1. The molecule has 0 saturated carbocycles. The molecule has 2 rings (SSSR count). The molecule has 17 heavy (non-hydrogen) atoms. The zero-order chi connectivity index (χ0) is 12.4. The molecule has 1 aliphatic heterocycles. The molecule has 0 aliphatic carbocycles. The Morgan fingerprint density at radius 3 is 2.94 bits per heavy atom. The van der Waals surface area contributed by atoms with Gasteiger partial charge in [0.2, 0.25) is 0 Å². The number of likely N-dealkylation sites (N-methyl/N-ethyl adjacent to an activating group) is 1. The molecule has 5 heteroatoms. The van der Waals surface area contributed by atoms with Crippen LogP contribution in [0.5, 0.6) is 0 Å². The van der Waals surface area contributed by atoms with Gasteiger partial charge in [-0.3, -0.25) is 0 Å². The summed E-state index contributed by atoms with van der Waals surface area (Å²) in [6, 6.07) is 4.30. The van der Waals surface area contributed by atoms with Crippen LogP contribution in [0.4, 0.5) is 5.82 Å². The van der Waals surface area contributed by atoms with Gasteiger partial charge in [0.25, 0.3) is 0 Å². The number of aryl methyl sites for hydroxylation is 1. The number of hydrogen-bond acceptors (Lipinski definition) is 4. The maximum atomic E-state index is 5.71. The second-order valence-corrected chi connectivity index (χ2v) is 5.05. The molecule has 1 fully saturated rings. The van der Waals surface area contributed by atoms with Gasteiger partial charge in [0.15, 0.2) is 0 Å². The normalized spacial score (nSPS) is 20.5. The van der Waals surface area contributed by atoms with Crippen molar-refractivity contribution in [3.63, 3.8) is 0 Å². The van der Waals surface area contributed by atoms with E-state index >= 15 is 0 Å². The van der Waals surface area contributed by atoms with E-state index in [1.165, 1.54) is 0 Å². The molecule has 0 bridgehead atoms. The minimum absolute atomic E-state index is 0.395. The maximum Gasteiger partial charge on any atom is 0.136 e. The number of anilines is 1. The predicted octanol–water partition coefficient (Wildman–Crippen LogP) is 1.14. The SMILES string of the molecule is Cc1ccc(C(N)=S)c(NC2CCN(C)C2)n1. The summed E-state index contributed by atoms with van der Waals surface area (Å²) in [5.74, 6) is 0.817. The summed E-state index contributed by atoms with van der Waals surface area (Å²) in [7, 11) is 2.12. The Bertz CT molecular complexity index is 433. The number of nitrogens with zero attached hydrogens (tertiary/aromatic N) is 2. The lowest BCUT2D eigenvalue weighted by Gasteiger charge is -2.16. The zero-order valence-corrected chi connectivity index (χ0v) is 11.0.